The summed E-state index contributed by atoms with van der Waals surface area (Å²) in [6.07, 6.45) is 5.41. The number of methoxy groups -OCH3 is 1. The molecule has 1 aliphatic heterocycles. The molecule has 7 nitrogen and oxygen atoms in total. The Hall–Kier alpha value is -2.85. The number of hydrogen-bond donors (Lipinski definition) is 0. The van der Waals surface area contributed by atoms with E-state index < -0.39 is 0 Å². The number of piperazine rings is 1. The van der Waals surface area contributed by atoms with E-state index in [-0.39, 0.29) is 12.3 Å². The smallest absolute Gasteiger partial charge is 0.251 e. The lowest BCUT2D eigenvalue weighted by atomic mass is 10.2. The summed E-state index contributed by atoms with van der Waals surface area (Å²) in [5.41, 5.74) is 0.707. The topological polar surface area (TPSA) is 71.7 Å². The van der Waals surface area contributed by atoms with E-state index in [9.17, 15) is 4.79 Å². The Labute approximate surface area is 146 Å². The van der Waals surface area contributed by atoms with Crippen LogP contribution in [0.3, 0.4) is 0 Å². The van der Waals surface area contributed by atoms with Gasteiger partial charge in [0.25, 0.3) is 5.89 Å². The van der Waals surface area contributed by atoms with Crippen molar-refractivity contribution in [2.24, 2.45) is 0 Å². The van der Waals surface area contributed by atoms with Gasteiger partial charge in [0.2, 0.25) is 11.8 Å². The van der Waals surface area contributed by atoms with Crippen LogP contribution in [-0.2, 0) is 11.2 Å². The quantitative estimate of drug-likeness (QED) is 0.758. The Bertz CT molecular complexity index is 773. The Morgan fingerprint density at radius 3 is 2.76 bits per heavy atom. The molecule has 1 aliphatic rings. The average molecular weight is 340 g/mol. The highest BCUT2D eigenvalue weighted by molar-refractivity contribution is 5.78. The zero-order valence-electron chi connectivity index (χ0n) is 14.1. The summed E-state index contributed by atoms with van der Waals surface area (Å²) in [7, 11) is 1.58. The van der Waals surface area contributed by atoms with Crippen LogP contribution < -0.4 is 4.74 Å². The maximum atomic E-state index is 12.4. The first-order chi connectivity index (χ1) is 12.2. The van der Waals surface area contributed by atoms with Crippen LogP contribution in [0.25, 0.3) is 11.5 Å². The fourth-order valence-corrected chi connectivity index (χ4v) is 2.78. The molecule has 0 N–H and O–H groups in total. The van der Waals surface area contributed by atoms with Crippen LogP contribution in [0.15, 0.2) is 28.7 Å². The van der Waals surface area contributed by atoms with Gasteiger partial charge in [-0.3, -0.25) is 9.69 Å². The summed E-state index contributed by atoms with van der Waals surface area (Å²) >= 11 is 0. The van der Waals surface area contributed by atoms with Crippen molar-refractivity contribution in [3.63, 3.8) is 0 Å². The highest BCUT2D eigenvalue weighted by atomic mass is 16.5. The van der Waals surface area contributed by atoms with Gasteiger partial charge in [-0.15, -0.1) is 16.6 Å². The van der Waals surface area contributed by atoms with Crippen molar-refractivity contribution in [3.8, 4) is 29.5 Å². The Balaban J connectivity index is 1.62. The van der Waals surface area contributed by atoms with E-state index in [2.05, 4.69) is 21.0 Å². The lowest BCUT2D eigenvalue weighted by Crippen LogP contribution is -2.49. The van der Waals surface area contributed by atoms with Crippen LogP contribution in [0.4, 0.5) is 0 Å². The third kappa shape index (κ3) is 3.98. The van der Waals surface area contributed by atoms with Crippen LogP contribution in [0.5, 0.6) is 5.75 Å². The van der Waals surface area contributed by atoms with E-state index in [1.165, 1.54) is 0 Å². The number of aromatic nitrogens is 2. The Morgan fingerprint density at radius 2 is 2.04 bits per heavy atom. The van der Waals surface area contributed by atoms with Crippen molar-refractivity contribution in [2.45, 2.75) is 6.42 Å². The molecular formula is C18H20N4O3. The summed E-state index contributed by atoms with van der Waals surface area (Å²) in [5, 5.41) is 8.02. The standard InChI is InChI=1S/C18H20N4O3/c1-3-8-21-9-11-22(12-10-21)17(23)13-16-19-20-18(25-16)14-6-4-5-7-15(14)24-2/h1,4-7H,8-13H2,2H3. The highest BCUT2D eigenvalue weighted by Gasteiger charge is 2.23. The number of carbonyl (C=O) groups excluding carboxylic acids is 1. The molecule has 0 aliphatic carbocycles. The van der Waals surface area contributed by atoms with Gasteiger partial charge in [-0.25, -0.2) is 0 Å². The average Bonchev–Trinajstić information content (AvgIpc) is 3.11. The van der Waals surface area contributed by atoms with Crippen molar-refractivity contribution in [1.29, 1.82) is 0 Å². The van der Waals surface area contributed by atoms with Crippen LogP contribution in [0, 0.1) is 12.3 Å². The van der Waals surface area contributed by atoms with Gasteiger partial charge in [0.1, 0.15) is 12.2 Å². The monoisotopic (exact) mass is 340 g/mol. The van der Waals surface area contributed by atoms with Gasteiger partial charge in [0, 0.05) is 26.2 Å². The maximum absolute atomic E-state index is 12.4. The molecule has 2 heterocycles. The molecule has 1 aromatic heterocycles. The van der Waals surface area contributed by atoms with Crippen LogP contribution >= 0.6 is 0 Å². The minimum Gasteiger partial charge on any atom is -0.496 e. The number of amides is 1. The molecule has 25 heavy (non-hydrogen) atoms. The molecule has 0 bridgehead atoms. The van der Waals surface area contributed by atoms with E-state index in [4.69, 9.17) is 15.6 Å². The summed E-state index contributed by atoms with van der Waals surface area (Å²) in [5.74, 6) is 3.91. The minimum absolute atomic E-state index is 0.0180. The van der Waals surface area contributed by atoms with Crippen molar-refractivity contribution in [2.75, 3.05) is 39.8 Å². The predicted octanol–water partition coefficient (Wildman–Crippen LogP) is 1.07. The molecule has 0 spiro atoms. The summed E-state index contributed by atoms with van der Waals surface area (Å²) < 4.78 is 10.9. The summed E-state index contributed by atoms with van der Waals surface area (Å²) in [6, 6.07) is 7.38. The zero-order valence-corrected chi connectivity index (χ0v) is 14.1. The Morgan fingerprint density at radius 1 is 1.28 bits per heavy atom. The first-order valence-electron chi connectivity index (χ1n) is 8.10. The fourth-order valence-electron chi connectivity index (χ4n) is 2.78. The first-order valence-corrected chi connectivity index (χ1v) is 8.10. The number of benzene rings is 1. The second-order valence-electron chi connectivity index (χ2n) is 5.74. The first kappa shape index (κ1) is 17.0. The van der Waals surface area contributed by atoms with Gasteiger partial charge >= 0.3 is 0 Å². The number of terminal acetylenes is 1. The molecule has 130 valence electrons. The predicted molar refractivity (Wildman–Crippen MR) is 91.8 cm³/mol. The van der Waals surface area contributed by atoms with Gasteiger partial charge in [0.05, 0.1) is 19.2 Å². The molecular weight excluding hydrogens is 320 g/mol. The molecule has 0 atom stereocenters. The highest BCUT2D eigenvalue weighted by Crippen LogP contribution is 2.28. The van der Waals surface area contributed by atoms with Gasteiger partial charge in [-0.05, 0) is 12.1 Å². The van der Waals surface area contributed by atoms with E-state index >= 15 is 0 Å². The van der Waals surface area contributed by atoms with Crippen molar-refractivity contribution in [3.05, 3.63) is 30.2 Å². The number of carbonyl (C=O) groups is 1. The molecule has 0 saturated carbocycles. The number of hydrogen-bond acceptors (Lipinski definition) is 6. The number of nitrogens with zero attached hydrogens (tertiary/aromatic N) is 4. The van der Waals surface area contributed by atoms with Gasteiger partial charge < -0.3 is 14.1 Å². The molecule has 1 aromatic carbocycles. The van der Waals surface area contributed by atoms with Crippen molar-refractivity contribution in [1.82, 2.24) is 20.0 Å². The summed E-state index contributed by atoms with van der Waals surface area (Å²) in [4.78, 5) is 16.4. The lowest BCUT2D eigenvalue weighted by Gasteiger charge is -2.33. The Kier molecular flexibility index (Phi) is 5.31. The lowest BCUT2D eigenvalue weighted by molar-refractivity contribution is -0.132. The van der Waals surface area contributed by atoms with E-state index in [0.29, 0.717) is 42.7 Å². The maximum Gasteiger partial charge on any atom is 0.251 e. The number of rotatable bonds is 5. The SMILES string of the molecule is C#CCN1CCN(C(=O)Cc2nnc(-c3ccccc3OC)o2)CC1. The number of para-hydroxylation sites is 1. The van der Waals surface area contributed by atoms with E-state index in [0.717, 1.165) is 13.1 Å². The second kappa shape index (κ2) is 7.81. The molecule has 1 amide bonds. The van der Waals surface area contributed by atoms with Crippen molar-refractivity contribution >= 4 is 5.91 Å². The fraction of sp³-hybridized carbons (Fsp3) is 0.389. The normalized spacial score (nSPS) is 15.0. The molecule has 2 aromatic rings. The molecule has 0 radical (unpaired) electrons. The van der Waals surface area contributed by atoms with Gasteiger partial charge in [0.15, 0.2) is 0 Å². The minimum atomic E-state index is -0.0180. The van der Waals surface area contributed by atoms with E-state index in [1.54, 1.807) is 12.0 Å². The van der Waals surface area contributed by atoms with Gasteiger partial charge in [-0.1, -0.05) is 18.1 Å². The van der Waals surface area contributed by atoms with Crippen LogP contribution in [-0.4, -0.2) is 65.7 Å². The number of ether oxygens (including phenoxy) is 1. The third-order valence-electron chi connectivity index (χ3n) is 4.15. The van der Waals surface area contributed by atoms with Gasteiger partial charge in [-0.2, -0.15) is 0 Å². The second-order valence-corrected chi connectivity index (χ2v) is 5.74. The largest absolute Gasteiger partial charge is 0.496 e. The van der Waals surface area contributed by atoms with Crippen LogP contribution in [0.2, 0.25) is 0 Å². The van der Waals surface area contributed by atoms with Crippen LogP contribution in [0.1, 0.15) is 5.89 Å². The molecule has 3 rings (SSSR count). The zero-order chi connectivity index (χ0) is 17.6. The molecule has 0 unspecified atom stereocenters. The van der Waals surface area contributed by atoms with Crippen molar-refractivity contribution < 1.29 is 13.9 Å². The molecule has 1 fully saturated rings. The molecule has 7 heteroatoms. The summed E-state index contributed by atoms with van der Waals surface area (Å²) in [6.45, 7) is 3.51. The van der Waals surface area contributed by atoms with E-state index in [1.807, 2.05) is 24.3 Å². The molecule has 1 saturated heterocycles. The third-order valence-corrected chi connectivity index (χ3v) is 4.15.